The van der Waals surface area contributed by atoms with Crippen molar-refractivity contribution in [2.75, 3.05) is 19.6 Å². The first-order chi connectivity index (χ1) is 16.6. The fourth-order valence-electron chi connectivity index (χ4n) is 4.54. The van der Waals surface area contributed by atoms with Crippen molar-refractivity contribution in [3.05, 3.63) is 94.2 Å². The number of hydrogen-bond acceptors (Lipinski definition) is 4. The Balaban J connectivity index is 1.29. The number of likely N-dealkylation sites (tertiary alicyclic amines) is 1. The van der Waals surface area contributed by atoms with E-state index in [0.29, 0.717) is 6.54 Å². The van der Waals surface area contributed by atoms with Gasteiger partial charge in [-0.2, -0.15) is 0 Å². The van der Waals surface area contributed by atoms with Crippen LogP contribution in [0.25, 0.3) is 0 Å². The average molecular weight is 476 g/mol. The molecule has 0 saturated carbocycles. The molecule has 2 N–H and O–H groups in total. The lowest BCUT2D eigenvalue weighted by Gasteiger charge is -2.35. The lowest BCUT2D eigenvalue weighted by atomic mass is 9.94. The van der Waals surface area contributed by atoms with Crippen LogP contribution in [0.2, 0.25) is 0 Å². The van der Waals surface area contributed by atoms with Crippen LogP contribution in [0.4, 0.5) is 0 Å². The molecule has 2 amide bonds. The molecule has 1 unspecified atom stereocenters. The van der Waals surface area contributed by atoms with E-state index in [0.717, 1.165) is 43.5 Å². The molecule has 1 atom stereocenters. The van der Waals surface area contributed by atoms with Crippen LogP contribution in [0.15, 0.2) is 78.2 Å². The van der Waals surface area contributed by atoms with Gasteiger partial charge in [0.05, 0.1) is 12.1 Å². The highest BCUT2D eigenvalue weighted by Gasteiger charge is 2.30. The van der Waals surface area contributed by atoms with Crippen LogP contribution in [0.5, 0.6) is 0 Å². The number of hydrogen-bond donors (Lipinski definition) is 2. The molecule has 4 rings (SSSR count). The lowest BCUT2D eigenvalue weighted by Crippen LogP contribution is -2.50. The fraction of sp³-hybridized carbons (Fsp3) is 0.357. The van der Waals surface area contributed by atoms with Crippen molar-refractivity contribution in [3.63, 3.8) is 0 Å². The van der Waals surface area contributed by atoms with Crippen LogP contribution in [0.1, 0.15) is 41.8 Å². The Morgan fingerprint density at radius 2 is 1.56 bits per heavy atom. The van der Waals surface area contributed by atoms with Crippen molar-refractivity contribution in [3.8, 4) is 0 Å². The Morgan fingerprint density at radius 1 is 0.941 bits per heavy atom. The minimum absolute atomic E-state index is 0.0107. The highest BCUT2D eigenvalue weighted by Crippen LogP contribution is 2.24. The molecule has 1 aliphatic rings. The molecule has 0 radical (unpaired) electrons. The maximum atomic E-state index is 13.2. The van der Waals surface area contributed by atoms with E-state index in [9.17, 15) is 9.59 Å². The number of piperidine rings is 1. The first-order valence-electron chi connectivity index (χ1n) is 12.1. The largest absolute Gasteiger partial charge is 0.355 e. The van der Waals surface area contributed by atoms with Gasteiger partial charge in [0.1, 0.15) is 0 Å². The summed E-state index contributed by atoms with van der Waals surface area (Å²) in [6, 6.07) is 23.8. The van der Waals surface area contributed by atoms with Gasteiger partial charge in [0.25, 0.3) is 0 Å². The molecule has 2 aromatic carbocycles. The Bertz CT molecular complexity index is 993. The van der Waals surface area contributed by atoms with Crippen molar-refractivity contribution >= 4 is 23.2 Å². The Kier molecular flexibility index (Phi) is 8.50. The van der Waals surface area contributed by atoms with E-state index in [1.807, 2.05) is 73.7 Å². The summed E-state index contributed by atoms with van der Waals surface area (Å²) >= 11 is 1.72. The van der Waals surface area contributed by atoms with Crippen molar-refractivity contribution < 1.29 is 9.59 Å². The second kappa shape index (κ2) is 12.0. The number of carbonyl (C=O) groups excluding carboxylic acids is 2. The van der Waals surface area contributed by atoms with E-state index in [1.54, 1.807) is 11.3 Å². The van der Waals surface area contributed by atoms with Gasteiger partial charge >= 0.3 is 0 Å². The zero-order valence-electron chi connectivity index (χ0n) is 19.7. The maximum absolute atomic E-state index is 13.2. The van der Waals surface area contributed by atoms with E-state index >= 15 is 0 Å². The van der Waals surface area contributed by atoms with Crippen LogP contribution < -0.4 is 10.6 Å². The van der Waals surface area contributed by atoms with Gasteiger partial charge in [-0.25, -0.2) is 0 Å². The minimum atomic E-state index is -0.252. The number of nitrogens with zero attached hydrogens (tertiary/aromatic N) is 1. The normalized spacial score (nSPS) is 15.7. The van der Waals surface area contributed by atoms with Crippen LogP contribution >= 0.6 is 11.3 Å². The van der Waals surface area contributed by atoms with Gasteiger partial charge in [-0.3, -0.25) is 14.5 Å². The predicted molar refractivity (Wildman–Crippen MR) is 138 cm³/mol. The van der Waals surface area contributed by atoms with E-state index < -0.39 is 0 Å². The number of amides is 2. The molecule has 1 saturated heterocycles. The van der Waals surface area contributed by atoms with Gasteiger partial charge in [0.2, 0.25) is 11.8 Å². The molecule has 1 aromatic heterocycles. The quantitative estimate of drug-likeness (QED) is 0.482. The molecular weight excluding hydrogens is 442 g/mol. The van der Waals surface area contributed by atoms with Gasteiger partial charge in [-0.1, -0.05) is 66.7 Å². The molecule has 3 aromatic rings. The summed E-state index contributed by atoms with van der Waals surface area (Å²) in [5.74, 6) is 0.175. The first-order valence-corrected chi connectivity index (χ1v) is 12.9. The highest BCUT2D eigenvalue weighted by atomic mass is 32.1. The third kappa shape index (κ3) is 6.33. The summed E-state index contributed by atoms with van der Waals surface area (Å²) in [7, 11) is 0. The molecule has 0 bridgehead atoms. The lowest BCUT2D eigenvalue weighted by molar-refractivity contribution is -0.128. The highest BCUT2D eigenvalue weighted by molar-refractivity contribution is 7.09. The second-order valence-corrected chi connectivity index (χ2v) is 9.90. The molecule has 5 nitrogen and oxygen atoms in total. The Hall–Kier alpha value is -2.96. The van der Waals surface area contributed by atoms with E-state index in [4.69, 9.17) is 0 Å². The number of thiophene rings is 1. The van der Waals surface area contributed by atoms with Crippen LogP contribution in [-0.2, 0) is 16.0 Å². The zero-order valence-corrected chi connectivity index (χ0v) is 20.5. The number of nitrogens with one attached hydrogen (secondary N) is 2. The average Bonchev–Trinajstić information content (AvgIpc) is 3.41. The molecule has 1 aliphatic heterocycles. The molecular formula is C28H33N3O2S. The van der Waals surface area contributed by atoms with E-state index in [1.165, 1.54) is 4.88 Å². The van der Waals surface area contributed by atoms with Gasteiger partial charge in [-0.05, 0) is 61.8 Å². The molecule has 178 valence electrons. The monoisotopic (exact) mass is 475 g/mol. The smallest absolute Gasteiger partial charge is 0.237 e. The summed E-state index contributed by atoms with van der Waals surface area (Å²) in [6.45, 7) is 4.14. The molecule has 1 fully saturated rings. The molecule has 0 spiro atoms. The second-order valence-electron chi connectivity index (χ2n) is 8.87. The van der Waals surface area contributed by atoms with E-state index in [-0.39, 0.29) is 29.8 Å². The van der Waals surface area contributed by atoms with Gasteiger partial charge in [0.15, 0.2) is 0 Å². The standard InChI is InChI=1S/C28H33N3O2S/c1-21(27(32)30-26(22-9-4-2-5-10-22)23-11-6-3-7-12-23)31-18-15-24(16-19-31)28(33)29-17-14-25-13-8-20-34-25/h2-13,20-21,24,26H,14-19H2,1H3,(H,29,33)(H,30,32). The fourth-order valence-corrected chi connectivity index (χ4v) is 5.24. The van der Waals surface area contributed by atoms with Crippen LogP contribution in [-0.4, -0.2) is 42.4 Å². The summed E-state index contributed by atoms with van der Waals surface area (Å²) < 4.78 is 0. The topological polar surface area (TPSA) is 61.4 Å². The summed E-state index contributed by atoms with van der Waals surface area (Å²) in [6.07, 6.45) is 2.44. The van der Waals surface area contributed by atoms with E-state index in [2.05, 4.69) is 27.0 Å². The Labute approximate surface area is 206 Å². The maximum Gasteiger partial charge on any atom is 0.237 e. The molecule has 2 heterocycles. The third-order valence-corrected chi connectivity index (χ3v) is 7.57. The van der Waals surface area contributed by atoms with Crippen molar-refractivity contribution in [1.82, 2.24) is 15.5 Å². The number of benzene rings is 2. The van der Waals surface area contributed by atoms with Gasteiger partial charge in [-0.15, -0.1) is 11.3 Å². The summed E-state index contributed by atoms with van der Waals surface area (Å²) in [5.41, 5.74) is 2.12. The number of rotatable bonds is 9. The first kappa shape index (κ1) is 24.2. The van der Waals surface area contributed by atoms with Crippen molar-refractivity contribution in [2.24, 2.45) is 5.92 Å². The minimum Gasteiger partial charge on any atom is -0.355 e. The van der Waals surface area contributed by atoms with Crippen LogP contribution in [0.3, 0.4) is 0 Å². The number of carbonyl (C=O) groups is 2. The molecule has 34 heavy (non-hydrogen) atoms. The molecule has 0 aliphatic carbocycles. The molecule has 6 heteroatoms. The van der Waals surface area contributed by atoms with Gasteiger partial charge in [0, 0.05) is 17.3 Å². The Morgan fingerprint density at radius 3 is 2.12 bits per heavy atom. The predicted octanol–water partition coefficient (Wildman–Crippen LogP) is 4.41. The van der Waals surface area contributed by atoms with Crippen molar-refractivity contribution in [1.29, 1.82) is 0 Å². The van der Waals surface area contributed by atoms with Gasteiger partial charge < -0.3 is 10.6 Å². The third-order valence-electron chi connectivity index (χ3n) is 6.63. The SMILES string of the molecule is CC(C(=O)NC(c1ccccc1)c1ccccc1)N1CCC(C(=O)NCCc2cccs2)CC1. The zero-order chi connectivity index (χ0) is 23.8. The van der Waals surface area contributed by atoms with Crippen molar-refractivity contribution in [2.45, 2.75) is 38.3 Å². The van der Waals surface area contributed by atoms with Crippen LogP contribution in [0, 0.1) is 5.92 Å². The summed E-state index contributed by atoms with van der Waals surface area (Å²) in [5, 5.41) is 8.41. The summed E-state index contributed by atoms with van der Waals surface area (Å²) in [4.78, 5) is 29.3.